The van der Waals surface area contributed by atoms with Crippen LogP contribution in [-0.4, -0.2) is 32.5 Å². The molecule has 0 bridgehead atoms. The maximum absolute atomic E-state index is 11.6. The Morgan fingerprint density at radius 2 is 1.88 bits per heavy atom. The molecule has 0 fully saturated rings. The minimum absolute atomic E-state index is 0.136. The van der Waals surface area contributed by atoms with Crippen LogP contribution in [0, 0.1) is 0 Å². The number of rotatable bonds is 5. The molecule has 92 valence electrons. The van der Waals surface area contributed by atoms with Gasteiger partial charge in [0.1, 0.15) is 12.9 Å². The fourth-order valence-electron chi connectivity index (χ4n) is 1.25. The maximum atomic E-state index is 11.6. The Hall–Kier alpha value is -2.04. The number of methoxy groups -OCH3 is 1. The Bertz CT molecular complexity index is 397. The van der Waals surface area contributed by atoms with Crippen molar-refractivity contribution in [3.05, 3.63) is 29.8 Å². The maximum Gasteiger partial charge on any atom is 0.361 e. The number of ether oxygens (including phenoxy) is 2. The Morgan fingerprint density at radius 3 is 2.35 bits per heavy atom. The van der Waals surface area contributed by atoms with Crippen LogP contribution in [0.25, 0.3) is 0 Å². The highest BCUT2D eigenvalue weighted by Crippen LogP contribution is 2.12. The van der Waals surface area contributed by atoms with Crippen LogP contribution in [0.15, 0.2) is 29.4 Å². The van der Waals surface area contributed by atoms with Gasteiger partial charge in [-0.2, -0.15) is 0 Å². The van der Waals surface area contributed by atoms with E-state index in [1.165, 1.54) is 7.11 Å². The minimum atomic E-state index is -0.514. The first-order valence-electron chi connectivity index (χ1n) is 5.15. The zero-order chi connectivity index (χ0) is 12.7. The van der Waals surface area contributed by atoms with E-state index < -0.39 is 5.97 Å². The quantitative estimate of drug-likeness (QED) is 0.443. The lowest BCUT2D eigenvalue weighted by Gasteiger charge is -2.06. The van der Waals surface area contributed by atoms with E-state index in [0.717, 1.165) is 0 Å². The second-order valence-electron chi connectivity index (χ2n) is 3.07. The summed E-state index contributed by atoms with van der Waals surface area (Å²) in [5.41, 5.74) is 0.753. The summed E-state index contributed by atoms with van der Waals surface area (Å²) >= 11 is 0. The Labute approximate surface area is 100.0 Å². The molecule has 0 N–H and O–H groups in total. The fraction of sp³-hybridized carbons (Fsp3) is 0.333. The lowest BCUT2D eigenvalue weighted by atomic mass is 10.1. The van der Waals surface area contributed by atoms with E-state index in [9.17, 15) is 4.79 Å². The van der Waals surface area contributed by atoms with Crippen molar-refractivity contribution in [2.75, 3.05) is 20.8 Å². The third-order valence-corrected chi connectivity index (χ3v) is 2.01. The van der Waals surface area contributed by atoms with Gasteiger partial charge in [0.25, 0.3) is 0 Å². The molecule has 0 spiro atoms. The first-order chi connectivity index (χ1) is 8.22. The van der Waals surface area contributed by atoms with E-state index in [1.54, 1.807) is 38.3 Å². The van der Waals surface area contributed by atoms with Crippen LogP contribution in [0.2, 0.25) is 0 Å². The topological polar surface area (TPSA) is 57.1 Å². The summed E-state index contributed by atoms with van der Waals surface area (Å²) in [4.78, 5) is 16.3. The molecule has 0 aliphatic heterocycles. The summed E-state index contributed by atoms with van der Waals surface area (Å²) in [5, 5.41) is 3.67. The van der Waals surface area contributed by atoms with E-state index in [4.69, 9.17) is 9.47 Å². The third-order valence-electron chi connectivity index (χ3n) is 2.01. The summed E-state index contributed by atoms with van der Waals surface area (Å²) in [6, 6.07) is 6.90. The van der Waals surface area contributed by atoms with Crippen LogP contribution in [0.5, 0.6) is 5.75 Å². The van der Waals surface area contributed by atoms with Gasteiger partial charge in [0.2, 0.25) is 0 Å². The van der Waals surface area contributed by atoms with Crippen LogP contribution in [0.4, 0.5) is 0 Å². The largest absolute Gasteiger partial charge is 0.497 e. The van der Waals surface area contributed by atoms with E-state index in [0.29, 0.717) is 11.3 Å². The van der Waals surface area contributed by atoms with Crippen LogP contribution in [0.3, 0.4) is 0 Å². The van der Waals surface area contributed by atoms with Crippen LogP contribution in [0.1, 0.15) is 12.5 Å². The second kappa shape index (κ2) is 6.52. The third kappa shape index (κ3) is 3.48. The molecule has 0 aromatic heterocycles. The second-order valence-corrected chi connectivity index (χ2v) is 3.07. The summed E-state index contributed by atoms with van der Waals surface area (Å²) in [6.07, 6.45) is 0. The molecule has 5 nitrogen and oxygen atoms in total. The van der Waals surface area contributed by atoms with Crippen molar-refractivity contribution in [1.29, 1.82) is 0 Å². The van der Waals surface area contributed by atoms with Gasteiger partial charge in [-0.05, 0) is 31.2 Å². The van der Waals surface area contributed by atoms with Gasteiger partial charge in [-0.25, -0.2) is 4.79 Å². The van der Waals surface area contributed by atoms with Gasteiger partial charge in [-0.1, -0.05) is 5.16 Å². The summed E-state index contributed by atoms with van der Waals surface area (Å²) < 4.78 is 9.92. The van der Waals surface area contributed by atoms with Crippen molar-refractivity contribution in [2.24, 2.45) is 5.16 Å². The highest BCUT2D eigenvalue weighted by atomic mass is 16.6. The number of benzene rings is 1. The van der Waals surface area contributed by atoms with Gasteiger partial charge in [-0.3, -0.25) is 0 Å². The van der Waals surface area contributed by atoms with Gasteiger partial charge in [-0.15, -0.1) is 0 Å². The predicted octanol–water partition coefficient (Wildman–Crippen LogP) is 1.61. The first-order valence-corrected chi connectivity index (χ1v) is 5.15. The molecule has 0 aliphatic carbocycles. The summed E-state index contributed by atoms with van der Waals surface area (Å²) in [6.45, 7) is 2.02. The Morgan fingerprint density at radius 1 is 1.24 bits per heavy atom. The van der Waals surface area contributed by atoms with Gasteiger partial charge >= 0.3 is 5.97 Å². The molecule has 0 radical (unpaired) electrons. The minimum Gasteiger partial charge on any atom is -0.497 e. The monoisotopic (exact) mass is 237 g/mol. The van der Waals surface area contributed by atoms with Crippen molar-refractivity contribution in [3.8, 4) is 5.75 Å². The first kappa shape index (κ1) is 13.0. The van der Waals surface area contributed by atoms with Gasteiger partial charge < -0.3 is 14.3 Å². The molecule has 1 aromatic carbocycles. The molecule has 17 heavy (non-hydrogen) atoms. The molecule has 1 rings (SSSR count). The van der Waals surface area contributed by atoms with Crippen molar-refractivity contribution < 1.29 is 19.1 Å². The molecule has 1 aromatic rings. The van der Waals surface area contributed by atoms with Crippen LogP contribution >= 0.6 is 0 Å². The van der Waals surface area contributed by atoms with E-state index in [-0.39, 0.29) is 12.3 Å². The van der Waals surface area contributed by atoms with E-state index in [1.807, 2.05) is 0 Å². The van der Waals surface area contributed by atoms with E-state index in [2.05, 4.69) is 9.99 Å². The number of nitrogens with zero attached hydrogens (tertiary/aromatic N) is 1. The fourth-order valence-corrected chi connectivity index (χ4v) is 1.25. The number of oxime groups is 1. The molecule has 0 unspecified atom stereocenters. The molecule has 0 saturated carbocycles. The number of carbonyl (C=O) groups is 1. The van der Waals surface area contributed by atoms with Gasteiger partial charge in [0.05, 0.1) is 13.7 Å². The highest BCUT2D eigenvalue weighted by Gasteiger charge is 2.16. The number of hydrogen-bond acceptors (Lipinski definition) is 5. The molecule has 0 saturated heterocycles. The van der Waals surface area contributed by atoms with Crippen molar-refractivity contribution >= 4 is 11.7 Å². The van der Waals surface area contributed by atoms with Crippen LogP contribution in [-0.2, 0) is 14.4 Å². The Balaban J connectivity index is 2.97. The van der Waals surface area contributed by atoms with Crippen LogP contribution < -0.4 is 4.74 Å². The van der Waals surface area contributed by atoms with E-state index >= 15 is 0 Å². The smallest absolute Gasteiger partial charge is 0.361 e. The zero-order valence-electron chi connectivity index (χ0n) is 10.1. The molecule has 0 amide bonds. The molecular weight excluding hydrogens is 222 g/mol. The van der Waals surface area contributed by atoms with Crippen molar-refractivity contribution in [1.82, 2.24) is 0 Å². The average molecular weight is 237 g/mol. The number of esters is 1. The normalized spacial score (nSPS) is 10.9. The molecule has 0 atom stereocenters. The van der Waals surface area contributed by atoms with Gasteiger partial charge in [0, 0.05) is 5.56 Å². The highest BCUT2D eigenvalue weighted by molar-refractivity contribution is 6.43. The summed E-state index contributed by atoms with van der Waals surface area (Å²) in [5.74, 6) is 0.189. The average Bonchev–Trinajstić information content (AvgIpc) is 2.36. The van der Waals surface area contributed by atoms with Crippen molar-refractivity contribution in [3.63, 3.8) is 0 Å². The SMILES string of the molecule is CCOC(=O)/C(=N\OC)c1ccc(OC)cc1. The standard InChI is InChI=1S/C12H15NO4/c1-4-17-12(14)11(13-16-3)9-5-7-10(15-2)8-6-9/h5-8H,4H2,1-3H3/b13-11-. The molecule has 0 aliphatic rings. The number of hydrogen-bond donors (Lipinski definition) is 0. The Kier molecular flexibility index (Phi) is 5.00. The van der Waals surface area contributed by atoms with Gasteiger partial charge in [0.15, 0.2) is 5.71 Å². The lowest BCUT2D eigenvalue weighted by molar-refractivity contribution is -0.135. The molecular formula is C12H15NO4. The summed E-state index contributed by atoms with van der Waals surface area (Å²) in [7, 11) is 2.95. The number of carbonyl (C=O) groups excluding carboxylic acids is 1. The predicted molar refractivity (Wildman–Crippen MR) is 63.2 cm³/mol. The lowest BCUT2D eigenvalue weighted by Crippen LogP contribution is -2.19. The zero-order valence-corrected chi connectivity index (χ0v) is 10.1. The molecule has 5 heteroatoms. The molecule has 0 heterocycles. The van der Waals surface area contributed by atoms with Crippen molar-refractivity contribution in [2.45, 2.75) is 6.92 Å².